The molecule has 0 saturated carbocycles. The number of amides is 1. The first-order valence-electron chi connectivity index (χ1n) is 29.7. The van der Waals surface area contributed by atoms with Gasteiger partial charge in [0.25, 0.3) is 0 Å². The number of aliphatic hydroxyl groups excluding tert-OH is 1. The molecule has 0 aliphatic carbocycles. The number of nitrogens with one attached hydrogen (secondary N) is 2. The summed E-state index contributed by atoms with van der Waals surface area (Å²) >= 11 is -0.750. The van der Waals surface area contributed by atoms with Crippen LogP contribution in [0.3, 0.4) is 0 Å². The van der Waals surface area contributed by atoms with Gasteiger partial charge in [0.2, 0.25) is 12.7 Å². The van der Waals surface area contributed by atoms with Gasteiger partial charge in [-0.05, 0) is 89.9 Å². The molecule has 3 N–H and O–H groups in total. The van der Waals surface area contributed by atoms with Gasteiger partial charge in [0.15, 0.2) is 0 Å². The van der Waals surface area contributed by atoms with E-state index in [0.717, 1.165) is 79.9 Å². The quantitative estimate of drug-likeness (QED) is 0.161. The summed E-state index contributed by atoms with van der Waals surface area (Å²) in [6, 6.07) is 0. The minimum Gasteiger partial charge on any atom is -0.495 e. The minimum absolute atomic E-state index is 0.185. The molecule has 0 unspecified atom stereocenters. The molecule has 6 aliphatic heterocycles. The van der Waals surface area contributed by atoms with E-state index < -0.39 is 11.6 Å². The lowest BCUT2D eigenvalue weighted by molar-refractivity contribution is -0.126. The Bertz CT molecular complexity index is 1880. The average molecular weight is 1100 g/mol. The molecule has 1 atom stereocenters. The van der Waals surface area contributed by atoms with E-state index in [1.807, 2.05) is 4.90 Å². The van der Waals surface area contributed by atoms with Crippen LogP contribution in [0.5, 0.6) is 0 Å². The summed E-state index contributed by atoms with van der Waals surface area (Å²) in [4.78, 5) is 15.8. The van der Waals surface area contributed by atoms with Gasteiger partial charge in [-0.3, -0.25) is 4.79 Å². The number of hydrogen-bond acceptors (Lipinski definition) is 11. The molecule has 0 spiro atoms. The molecule has 1 amide bonds. The van der Waals surface area contributed by atoms with Crippen molar-refractivity contribution < 1.29 is 37.3 Å². The zero-order chi connectivity index (χ0) is 59.6. The van der Waals surface area contributed by atoms with Crippen molar-refractivity contribution >= 4 is 17.5 Å². The molecular formula is C64H118N4O8S. The highest BCUT2D eigenvalue weighted by atomic mass is 32.1. The van der Waals surface area contributed by atoms with E-state index in [1.54, 1.807) is 29.3 Å². The highest BCUT2D eigenvalue weighted by molar-refractivity contribution is 7.51. The fourth-order valence-electron chi connectivity index (χ4n) is 10.8. The topological polar surface area (TPSA) is 139 Å². The van der Waals surface area contributed by atoms with Crippen LogP contribution in [-0.4, -0.2) is 95.1 Å². The number of hydrogen-bond donors (Lipinski definition) is 3. The summed E-state index contributed by atoms with van der Waals surface area (Å²) in [6.45, 7) is 61.6. The van der Waals surface area contributed by atoms with Crippen LogP contribution in [0.25, 0.3) is 0 Å². The Morgan fingerprint density at radius 2 is 0.948 bits per heavy atom. The summed E-state index contributed by atoms with van der Waals surface area (Å²) in [6.07, 6.45) is 4.07. The average Bonchev–Trinajstić information content (AvgIpc) is 4.13. The van der Waals surface area contributed by atoms with E-state index >= 15 is 0 Å². The van der Waals surface area contributed by atoms with Crippen LogP contribution in [0, 0.1) is 71.0 Å². The van der Waals surface area contributed by atoms with Gasteiger partial charge in [0, 0.05) is 81.6 Å². The minimum atomic E-state index is -0.750. The van der Waals surface area contributed by atoms with Crippen molar-refractivity contribution in [3.63, 3.8) is 0 Å². The van der Waals surface area contributed by atoms with Crippen molar-refractivity contribution in [1.29, 1.82) is 0 Å². The first kappa shape index (κ1) is 73.5. The number of aliphatic hydroxyl groups is 1. The molecule has 0 bridgehead atoms. The molecule has 0 aromatic heterocycles. The Labute approximate surface area is 476 Å². The van der Waals surface area contributed by atoms with Gasteiger partial charge in [-0.2, -0.15) is 8.42 Å². The third kappa shape index (κ3) is 25.2. The zero-order valence-corrected chi connectivity index (χ0v) is 54.9. The molecule has 77 heavy (non-hydrogen) atoms. The molecule has 6 heterocycles. The highest BCUT2D eigenvalue weighted by Crippen LogP contribution is 2.35. The first-order chi connectivity index (χ1) is 35.8. The standard InChI is InChI=1S/C12H21NO.2C11H21N.C11H20O2.C10H19NO.C9H16O2.O2S/c1-8(2)11-6-7-13(10(5)14)12(11)9(3)4;1-8(2)10-6-7-12(5)11(10)9(3)4;1-8(2)10-5-6-12-7-11(10)9(3)4;1-7(2)10-5-9(12)6-13-11(10)8(3)4;1-7(2)9-10(8(3)4)12-6-5-11-9;1-6(2)8-9(7(3)4)11-5-10-8;1-3-2/h8-9H,6-7H2,1-5H3;8-9H,6-7H2,1-5H3;8-9,12H,5-7H2,1-4H3;7-9,12H,5-6H2,1-4H3;7-8,11H,5-6H2,1-4H3;6-7H,5H2,1-4H3;/t;;;9-;;;/m...1.../s1. The lowest BCUT2D eigenvalue weighted by atomic mass is 9.86. The third-order valence-corrected chi connectivity index (χ3v) is 14.4. The van der Waals surface area contributed by atoms with E-state index in [2.05, 4.69) is 189 Å². The fourth-order valence-corrected chi connectivity index (χ4v) is 10.8. The maximum absolute atomic E-state index is 11.4. The highest BCUT2D eigenvalue weighted by Gasteiger charge is 2.29. The molecule has 6 aliphatic rings. The number of nitrogens with zero attached hydrogens (tertiary/aromatic N) is 2. The lowest BCUT2D eigenvalue weighted by Crippen LogP contribution is -2.30. The predicted octanol–water partition coefficient (Wildman–Crippen LogP) is 14.6. The largest absolute Gasteiger partial charge is 0.495 e. The van der Waals surface area contributed by atoms with Crippen LogP contribution in [0.1, 0.15) is 199 Å². The van der Waals surface area contributed by atoms with E-state index in [-0.39, 0.29) is 12.0 Å². The van der Waals surface area contributed by atoms with Gasteiger partial charge in [-0.25, -0.2) is 0 Å². The molecular weight excluding hydrogens is 985 g/mol. The van der Waals surface area contributed by atoms with Crippen molar-refractivity contribution in [3.8, 4) is 0 Å². The van der Waals surface area contributed by atoms with Crippen molar-refractivity contribution in [2.24, 2.45) is 71.0 Å². The SMILES string of the molecule is CC(=O)N1CCC(C(C)C)=C1C(C)C.CC(C)C1=C(C(C)C)CNCC1.CC(C)C1=C(C(C)C)N(C)CC1.CC(C)C1=C(C(C)C)OCCN1.CC(C)C1=C(C(C)C)OCO1.CC(C)C1=C(C(C)C)OC[C@H](O)C1.O=S=O. The smallest absolute Gasteiger partial charge is 0.335 e. The zero-order valence-electron chi connectivity index (χ0n) is 54.1. The van der Waals surface area contributed by atoms with E-state index in [9.17, 15) is 9.90 Å². The lowest BCUT2D eigenvalue weighted by Gasteiger charge is -2.29. The Balaban J connectivity index is 0.000000891. The van der Waals surface area contributed by atoms with Gasteiger partial charge < -0.3 is 44.5 Å². The van der Waals surface area contributed by atoms with Crippen LogP contribution >= 0.6 is 0 Å². The van der Waals surface area contributed by atoms with Gasteiger partial charge >= 0.3 is 11.6 Å². The summed E-state index contributed by atoms with van der Waals surface area (Å²) in [7, 11) is 2.21. The normalized spacial score (nSPS) is 18.7. The van der Waals surface area contributed by atoms with E-state index in [1.165, 1.54) is 48.5 Å². The Morgan fingerprint density at radius 1 is 0.506 bits per heavy atom. The molecule has 6 rings (SSSR count). The van der Waals surface area contributed by atoms with Crippen LogP contribution < -0.4 is 10.6 Å². The Morgan fingerprint density at radius 3 is 1.31 bits per heavy atom. The number of carbonyl (C=O) groups excluding carboxylic acids is 1. The van der Waals surface area contributed by atoms with E-state index in [0.29, 0.717) is 66.7 Å². The molecule has 0 aromatic carbocycles. The molecule has 0 radical (unpaired) electrons. The van der Waals surface area contributed by atoms with Crippen LogP contribution in [0.2, 0.25) is 0 Å². The Kier molecular flexibility index (Phi) is 35.7. The summed E-state index contributed by atoms with van der Waals surface area (Å²) in [5.74, 6) is 11.2. The summed E-state index contributed by atoms with van der Waals surface area (Å²) < 4.78 is 38.5. The predicted molar refractivity (Wildman–Crippen MR) is 323 cm³/mol. The monoisotopic (exact) mass is 1100 g/mol. The second-order valence-electron chi connectivity index (χ2n) is 25.1. The van der Waals surface area contributed by atoms with E-state index in [4.69, 9.17) is 27.4 Å². The van der Waals surface area contributed by atoms with Gasteiger partial charge in [-0.1, -0.05) is 177 Å². The molecule has 448 valence electrons. The molecule has 0 saturated heterocycles. The first-order valence-corrected chi connectivity index (χ1v) is 30.4. The third-order valence-electron chi connectivity index (χ3n) is 14.4. The number of allylic oxidation sites excluding steroid dienone is 7. The number of rotatable bonds is 12. The molecule has 13 heteroatoms. The van der Waals surface area contributed by atoms with Crippen LogP contribution in [0.4, 0.5) is 0 Å². The second kappa shape index (κ2) is 37.4. The van der Waals surface area contributed by atoms with Gasteiger partial charge in [-0.15, -0.1) is 0 Å². The molecule has 12 nitrogen and oxygen atoms in total. The van der Waals surface area contributed by atoms with Crippen molar-refractivity contribution in [1.82, 2.24) is 20.4 Å². The molecule has 0 fully saturated rings. The van der Waals surface area contributed by atoms with Gasteiger partial charge in [0.1, 0.15) is 30.5 Å². The van der Waals surface area contributed by atoms with Crippen LogP contribution in [-0.2, 0) is 35.3 Å². The van der Waals surface area contributed by atoms with Crippen molar-refractivity contribution in [2.75, 3.05) is 59.8 Å². The summed E-state index contributed by atoms with van der Waals surface area (Å²) in [5.41, 5.74) is 11.9. The summed E-state index contributed by atoms with van der Waals surface area (Å²) in [5, 5.41) is 16.3. The number of ether oxygens (including phenoxy) is 4. The van der Waals surface area contributed by atoms with Crippen LogP contribution in [0.15, 0.2) is 68.0 Å². The van der Waals surface area contributed by atoms with Crippen molar-refractivity contribution in [3.05, 3.63) is 68.0 Å². The number of carbonyl (C=O) groups is 1. The fraction of sp³-hybridized carbons (Fsp3) is 0.797. The van der Waals surface area contributed by atoms with Gasteiger partial charge in [0.05, 0.1) is 17.6 Å². The maximum atomic E-state index is 11.4. The molecule has 0 aromatic rings. The maximum Gasteiger partial charge on any atom is 0.335 e. The second-order valence-corrected chi connectivity index (χ2v) is 25.2. The Hall–Kier alpha value is -3.55. The van der Waals surface area contributed by atoms with Crippen molar-refractivity contribution in [2.45, 2.75) is 205 Å².